The predicted octanol–water partition coefficient (Wildman–Crippen LogP) is -0.287. The van der Waals surface area contributed by atoms with Crippen molar-refractivity contribution >= 4 is 17.7 Å². The van der Waals surface area contributed by atoms with E-state index >= 15 is 0 Å². The largest absolute Gasteiger partial charge is 0.479 e. The molecule has 0 bridgehead atoms. The van der Waals surface area contributed by atoms with Gasteiger partial charge in [-0.2, -0.15) is 0 Å². The van der Waals surface area contributed by atoms with Gasteiger partial charge in [-0.05, 0) is 19.1 Å². The summed E-state index contributed by atoms with van der Waals surface area (Å²) in [5.41, 5.74) is -1.65. The van der Waals surface area contributed by atoms with Crippen LogP contribution in [0, 0.1) is 0 Å². The number of anilines is 1. The van der Waals surface area contributed by atoms with Crippen molar-refractivity contribution in [2.45, 2.75) is 12.5 Å². The van der Waals surface area contributed by atoms with Crippen LogP contribution >= 0.6 is 0 Å². The molecule has 0 aliphatic rings. The standard InChI is InChI=1S/C12H17N3O4/c1-12(19,11(17)18)7-14-10(16)8-4-5-13-9(6-8)15(2)3/h4-6,19H,7H2,1-3H3,(H,14,16)(H,17,18). The van der Waals surface area contributed by atoms with Gasteiger partial charge in [0.2, 0.25) is 0 Å². The van der Waals surface area contributed by atoms with Gasteiger partial charge in [-0.1, -0.05) is 0 Å². The number of carbonyl (C=O) groups excluding carboxylic acids is 1. The van der Waals surface area contributed by atoms with E-state index in [-0.39, 0.29) is 6.54 Å². The van der Waals surface area contributed by atoms with E-state index in [0.29, 0.717) is 11.4 Å². The van der Waals surface area contributed by atoms with Crippen LogP contribution in [0.15, 0.2) is 18.3 Å². The first-order valence-electron chi connectivity index (χ1n) is 5.61. The van der Waals surface area contributed by atoms with Gasteiger partial charge in [-0.3, -0.25) is 4.79 Å². The SMILES string of the molecule is CN(C)c1cc(C(=O)NCC(C)(O)C(=O)O)ccn1. The fraction of sp³-hybridized carbons (Fsp3) is 0.417. The maximum atomic E-state index is 11.8. The first kappa shape index (κ1) is 14.9. The van der Waals surface area contributed by atoms with Gasteiger partial charge in [0.05, 0.1) is 6.54 Å². The van der Waals surface area contributed by atoms with Crippen LogP contribution in [-0.4, -0.2) is 53.3 Å². The molecule has 1 heterocycles. The molecule has 7 heteroatoms. The number of pyridine rings is 1. The van der Waals surface area contributed by atoms with Gasteiger partial charge in [0.25, 0.3) is 5.91 Å². The number of hydrogen-bond acceptors (Lipinski definition) is 5. The Morgan fingerprint density at radius 1 is 1.47 bits per heavy atom. The van der Waals surface area contributed by atoms with Crippen LogP contribution in [0.1, 0.15) is 17.3 Å². The number of carboxylic acids is 1. The van der Waals surface area contributed by atoms with E-state index < -0.39 is 17.5 Å². The summed E-state index contributed by atoms with van der Waals surface area (Å²) in [6.45, 7) is 0.744. The molecule has 1 amide bonds. The highest BCUT2D eigenvalue weighted by Crippen LogP contribution is 2.10. The maximum absolute atomic E-state index is 11.8. The molecular weight excluding hydrogens is 250 g/mol. The highest BCUT2D eigenvalue weighted by atomic mass is 16.4. The Hall–Kier alpha value is -2.15. The minimum Gasteiger partial charge on any atom is -0.479 e. The summed E-state index contributed by atoms with van der Waals surface area (Å²) in [5, 5.41) is 20.6. The fourth-order valence-electron chi connectivity index (χ4n) is 1.23. The molecule has 7 nitrogen and oxygen atoms in total. The average Bonchev–Trinajstić information content (AvgIpc) is 2.36. The first-order valence-corrected chi connectivity index (χ1v) is 5.61. The molecule has 0 saturated carbocycles. The molecule has 0 aliphatic heterocycles. The number of nitrogens with zero attached hydrogens (tertiary/aromatic N) is 2. The van der Waals surface area contributed by atoms with E-state index in [4.69, 9.17) is 5.11 Å². The van der Waals surface area contributed by atoms with E-state index in [2.05, 4.69) is 10.3 Å². The number of carboxylic acid groups (broad SMARTS) is 1. The molecule has 19 heavy (non-hydrogen) atoms. The number of amides is 1. The zero-order valence-electron chi connectivity index (χ0n) is 11.0. The minimum absolute atomic E-state index is 0.347. The topological polar surface area (TPSA) is 103 Å². The van der Waals surface area contributed by atoms with Gasteiger partial charge in [0.15, 0.2) is 5.60 Å². The quantitative estimate of drug-likeness (QED) is 0.677. The summed E-state index contributed by atoms with van der Waals surface area (Å²) in [4.78, 5) is 28.3. The van der Waals surface area contributed by atoms with Gasteiger partial charge in [-0.25, -0.2) is 9.78 Å². The first-order chi connectivity index (χ1) is 8.74. The molecule has 0 radical (unpaired) electrons. The lowest BCUT2D eigenvalue weighted by Gasteiger charge is -2.18. The van der Waals surface area contributed by atoms with Crippen LogP contribution in [0.3, 0.4) is 0 Å². The second-order valence-corrected chi connectivity index (χ2v) is 4.56. The molecule has 0 aliphatic carbocycles. The van der Waals surface area contributed by atoms with Gasteiger partial charge in [0.1, 0.15) is 5.82 Å². The normalized spacial score (nSPS) is 13.5. The van der Waals surface area contributed by atoms with Crippen molar-refractivity contribution < 1.29 is 19.8 Å². The highest BCUT2D eigenvalue weighted by Gasteiger charge is 2.30. The van der Waals surface area contributed by atoms with Crippen molar-refractivity contribution in [2.75, 3.05) is 25.5 Å². The van der Waals surface area contributed by atoms with E-state index in [1.165, 1.54) is 12.3 Å². The van der Waals surface area contributed by atoms with Crippen molar-refractivity contribution in [1.82, 2.24) is 10.3 Å². The third-order valence-corrected chi connectivity index (χ3v) is 2.52. The number of aliphatic hydroxyl groups is 1. The number of aromatic nitrogens is 1. The third-order valence-electron chi connectivity index (χ3n) is 2.52. The van der Waals surface area contributed by atoms with Crippen LogP contribution in [0.2, 0.25) is 0 Å². The zero-order valence-corrected chi connectivity index (χ0v) is 11.0. The van der Waals surface area contributed by atoms with Crippen LogP contribution < -0.4 is 10.2 Å². The van der Waals surface area contributed by atoms with Crippen molar-refractivity contribution in [3.63, 3.8) is 0 Å². The van der Waals surface area contributed by atoms with Crippen molar-refractivity contribution in [3.8, 4) is 0 Å². The summed E-state index contributed by atoms with van der Waals surface area (Å²) in [6.07, 6.45) is 1.49. The van der Waals surface area contributed by atoms with Crippen molar-refractivity contribution in [3.05, 3.63) is 23.9 Å². The van der Waals surface area contributed by atoms with E-state index in [1.54, 1.807) is 25.1 Å². The highest BCUT2D eigenvalue weighted by molar-refractivity contribution is 5.95. The summed E-state index contributed by atoms with van der Waals surface area (Å²) >= 11 is 0. The van der Waals surface area contributed by atoms with E-state index in [9.17, 15) is 14.7 Å². The second kappa shape index (κ2) is 5.66. The second-order valence-electron chi connectivity index (χ2n) is 4.56. The molecular formula is C12H17N3O4. The lowest BCUT2D eigenvalue weighted by atomic mass is 10.1. The molecule has 0 aromatic carbocycles. The Kier molecular flexibility index (Phi) is 4.44. The molecule has 104 valence electrons. The van der Waals surface area contributed by atoms with Gasteiger partial charge < -0.3 is 20.4 Å². The Morgan fingerprint density at radius 2 is 2.11 bits per heavy atom. The summed E-state index contributed by atoms with van der Waals surface area (Å²) in [5.74, 6) is -1.25. The Labute approximate surface area is 110 Å². The minimum atomic E-state index is -1.99. The van der Waals surface area contributed by atoms with E-state index in [0.717, 1.165) is 6.92 Å². The summed E-state index contributed by atoms with van der Waals surface area (Å²) in [6, 6.07) is 3.09. The van der Waals surface area contributed by atoms with Crippen LogP contribution in [0.25, 0.3) is 0 Å². The predicted molar refractivity (Wildman–Crippen MR) is 69.2 cm³/mol. The summed E-state index contributed by atoms with van der Waals surface area (Å²) < 4.78 is 0. The number of rotatable bonds is 5. The average molecular weight is 267 g/mol. The van der Waals surface area contributed by atoms with Gasteiger partial charge >= 0.3 is 5.97 Å². The van der Waals surface area contributed by atoms with Crippen LogP contribution in [-0.2, 0) is 4.79 Å². The fourth-order valence-corrected chi connectivity index (χ4v) is 1.23. The molecule has 0 spiro atoms. The Bertz CT molecular complexity index is 486. The molecule has 1 rings (SSSR count). The molecule has 1 aromatic heterocycles. The van der Waals surface area contributed by atoms with Crippen LogP contribution in [0.5, 0.6) is 0 Å². The number of nitrogens with one attached hydrogen (secondary N) is 1. The monoisotopic (exact) mass is 267 g/mol. The summed E-state index contributed by atoms with van der Waals surface area (Å²) in [7, 11) is 3.58. The lowest BCUT2D eigenvalue weighted by molar-refractivity contribution is -0.155. The van der Waals surface area contributed by atoms with Crippen molar-refractivity contribution in [1.29, 1.82) is 0 Å². The van der Waals surface area contributed by atoms with Crippen molar-refractivity contribution in [2.24, 2.45) is 0 Å². The smallest absolute Gasteiger partial charge is 0.337 e. The Balaban J connectivity index is 2.74. The number of carbonyl (C=O) groups is 2. The number of aliphatic carboxylic acids is 1. The number of hydrogen-bond donors (Lipinski definition) is 3. The van der Waals surface area contributed by atoms with Gasteiger partial charge in [0, 0.05) is 25.9 Å². The zero-order chi connectivity index (χ0) is 14.6. The molecule has 1 unspecified atom stereocenters. The molecule has 0 fully saturated rings. The van der Waals surface area contributed by atoms with Crippen LogP contribution in [0.4, 0.5) is 5.82 Å². The molecule has 1 aromatic rings. The molecule has 1 atom stereocenters. The molecule has 0 saturated heterocycles. The lowest BCUT2D eigenvalue weighted by Crippen LogP contribution is -2.46. The van der Waals surface area contributed by atoms with E-state index in [1.807, 2.05) is 0 Å². The Morgan fingerprint density at radius 3 is 2.63 bits per heavy atom. The maximum Gasteiger partial charge on any atom is 0.337 e. The van der Waals surface area contributed by atoms with Gasteiger partial charge in [-0.15, -0.1) is 0 Å². The molecule has 3 N–H and O–H groups in total. The third kappa shape index (κ3) is 3.92.